The molecule has 0 bridgehead atoms. The van der Waals surface area contributed by atoms with E-state index in [0.717, 1.165) is 17.7 Å². The third-order valence-corrected chi connectivity index (χ3v) is 5.88. The van der Waals surface area contributed by atoms with Gasteiger partial charge in [0.1, 0.15) is 22.5 Å². The molecule has 0 aliphatic heterocycles. The van der Waals surface area contributed by atoms with Crippen molar-refractivity contribution in [3.05, 3.63) is 59.9 Å². The van der Waals surface area contributed by atoms with E-state index in [-0.39, 0.29) is 23.2 Å². The van der Waals surface area contributed by atoms with Gasteiger partial charge in [-0.25, -0.2) is 12.8 Å². The zero-order valence-electron chi connectivity index (χ0n) is 17.9. The van der Waals surface area contributed by atoms with E-state index in [4.69, 9.17) is 9.47 Å². The zero-order chi connectivity index (χ0) is 22.9. The van der Waals surface area contributed by atoms with Crippen molar-refractivity contribution in [2.24, 2.45) is 0 Å². The van der Waals surface area contributed by atoms with Crippen LogP contribution in [-0.4, -0.2) is 46.7 Å². The fourth-order valence-electron chi connectivity index (χ4n) is 2.87. The average Bonchev–Trinajstić information content (AvgIpc) is 2.73. The van der Waals surface area contributed by atoms with Crippen molar-refractivity contribution in [3.63, 3.8) is 0 Å². The van der Waals surface area contributed by atoms with E-state index >= 15 is 0 Å². The van der Waals surface area contributed by atoms with Crippen molar-refractivity contribution < 1.29 is 27.1 Å². The van der Waals surface area contributed by atoms with E-state index in [0.29, 0.717) is 19.6 Å². The number of methoxy groups -OCH3 is 1. The Bertz CT molecular complexity index is 952. The summed E-state index contributed by atoms with van der Waals surface area (Å²) in [6.07, 6.45) is 0.813. The van der Waals surface area contributed by atoms with Gasteiger partial charge in [0, 0.05) is 13.2 Å². The van der Waals surface area contributed by atoms with Gasteiger partial charge in [-0.2, -0.15) is 4.72 Å². The summed E-state index contributed by atoms with van der Waals surface area (Å²) in [7, 11) is -2.95. The van der Waals surface area contributed by atoms with Crippen LogP contribution in [0.3, 0.4) is 0 Å². The normalized spacial score (nSPS) is 12.5. The summed E-state index contributed by atoms with van der Waals surface area (Å²) in [6.45, 7) is 4.66. The summed E-state index contributed by atoms with van der Waals surface area (Å²) in [5.74, 6) is -1.22. The maximum Gasteiger partial charge on any atom is 0.245 e. The lowest BCUT2D eigenvalue weighted by atomic mass is 10.1. The van der Waals surface area contributed by atoms with Crippen LogP contribution in [0, 0.1) is 5.82 Å². The lowest BCUT2D eigenvalue weighted by Crippen LogP contribution is -2.48. The molecule has 2 aromatic rings. The Morgan fingerprint density at radius 3 is 2.48 bits per heavy atom. The molecular formula is C22H29FN2O5S. The Kier molecular flexibility index (Phi) is 9.42. The number of benzene rings is 2. The molecule has 0 aromatic heterocycles. The molecule has 0 aliphatic carbocycles. The molecule has 170 valence electrons. The minimum atomic E-state index is -4.24. The lowest BCUT2D eigenvalue weighted by Gasteiger charge is -2.20. The number of hydrogen-bond acceptors (Lipinski definition) is 5. The molecule has 0 heterocycles. The third-order valence-electron chi connectivity index (χ3n) is 4.38. The van der Waals surface area contributed by atoms with Gasteiger partial charge in [0.15, 0.2) is 0 Å². The Balaban J connectivity index is 2.18. The molecule has 1 amide bonds. The fraction of sp³-hybridized carbons (Fsp3) is 0.409. The van der Waals surface area contributed by atoms with Crippen molar-refractivity contribution in [1.29, 1.82) is 0 Å². The zero-order valence-corrected chi connectivity index (χ0v) is 18.7. The van der Waals surface area contributed by atoms with Crippen LogP contribution in [0.2, 0.25) is 0 Å². The molecule has 9 heteroatoms. The van der Waals surface area contributed by atoms with Gasteiger partial charge in [0.25, 0.3) is 0 Å². The predicted octanol–water partition coefficient (Wildman–Crippen LogP) is 2.66. The number of carbonyl (C=O) groups is 1. The van der Waals surface area contributed by atoms with Crippen LogP contribution in [0.5, 0.6) is 5.75 Å². The maximum atomic E-state index is 13.7. The van der Waals surface area contributed by atoms with E-state index < -0.39 is 27.8 Å². The first kappa shape index (κ1) is 24.8. The molecule has 0 spiro atoms. The summed E-state index contributed by atoms with van der Waals surface area (Å²) in [4.78, 5) is 12.4. The highest BCUT2D eigenvalue weighted by Crippen LogP contribution is 2.24. The van der Waals surface area contributed by atoms with E-state index in [1.807, 2.05) is 19.9 Å². The smallest absolute Gasteiger partial charge is 0.245 e. The number of sulfonamides is 1. The molecule has 0 saturated carbocycles. The second-order valence-corrected chi connectivity index (χ2v) is 8.91. The maximum absolute atomic E-state index is 13.7. The summed E-state index contributed by atoms with van der Waals surface area (Å²) in [5, 5.41) is 2.74. The Hall–Kier alpha value is -2.49. The summed E-state index contributed by atoms with van der Waals surface area (Å²) in [5.41, 5.74) is 0.777. The van der Waals surface area contributed by atoms with Crippen molar-refractivity contribution >= 4 is 15.9 Å². The van der Waals surface area contributed by atoms with E-state index in [1.54, 1.807) is 24.3 Å². The molecule has 0 aliphatic rings. The number of hydrogen-bond donors (Lipinski definition) is 2. The minimum Gasteiger partial charge on any atom is -0.495 e. The lowest BCUT2D eigenvalue weighted by molar-refractivity contribution is -0.122. The van der Waals surface area contributed by atoms with Gasteiger partial charge in [-0.1, -0.05) is 30.3 Å². The van der Waals surface area contributed by atoms with Gasteiger partial charge < -0.3 is 14.8 Å². The van der Waals surface area contributed by atoms with Crippen molar-refractivity contribution in [1.82, 2.24) is 10.0 Å². The molecule has 1 atom stereocenters. The summed E-state index contributed by atoms with van der Waals surface area (Å²) in [6, 6.07) is 11.1. The highest BCUT2D eigenvalue weighted by Gasteiger charge is 2.28. The summed E-state index contributed by atoms with van der Waals surface area (Å²) < 4.78 is 52.5. The number of ether oxygens (including phenoxy) is 2. The van der Waals surface area contributed by atoms with Crippen LogP contribution >= 0.6 is 0 Å². The van der Waals surface area contributed by atoms with Gasteiger partial charge >= 0.3 is 0 Å². The molecule has 0 fully saturated rings. The highest BCUT2D eigenvalue weighted by molar-refractivity contribution is 7.89. The van der Waals surface area contributed by atoms with Crippen LogP contribution in [-0.2, 0) is 26.0 Å². The number of nitrogens with one attached hydrogen (secondary N) is 2. The highest BCUT2D eigenvalue weighted by atomic mass is 32.2. The molecule has 0 saturated heterocycles. The minimum absolute atomic E-state index is 0.0152. The molecule has 0 radical (unpaired) electrons. The number of halogens is 1. The molecular weight excluding hydrogens is 423 g/mol. The number of amides is 1. The van der Waals surface area contributed by atoms with Crippen LogP contribution < -0.4 is 14.8 Å². The standard InChI is InChI=1S/C22H29FN2O5S/c1-16(2)30-13-7-12-24-22(26)19(14-17-8-5-4-6-9-17)25-31(27,28)21-15-18(23)10-11-20(21)29-3/h4-6,8-11,15-16,19,25H,7,12-14H2,1-3H3,(H,24,26). The van der Waals surface area contributed by atoms with E-state index in [9.17, 15) is 17.6 Å². The van der Waals surface area contributed by atoms with Gasteiger partial charge in [0.05, 0.1) is 13.2 Å². The molecule has 2 aromatic carbocycles. The Morgan fingerprint density at radius 2 is 1.84 bits per heavy atom. The topological polar surface area (TPSA) is 93.7 Å². The van der Waals surface area contributed by atoms with Crippen molar-refractivity contribution in [2.45, 2.75) is 43.7 Å². The number of carbonyl (C=O) groups excluding carboxylic acids is 1. The molecule has 2 N–H and O–H groups in total. The first-order chi connectivity index (χ1) is 14.7. The van der Waals surface area contributed by atoms with Crippen LogP contribution in [0.4, 0.5) is 4.39 Å². The second-order valence-electron chi connectivity index (χ2n) is 7.22. The van der Waals surface area contributed by atoms with Crippen LogP contribution in [0.1, 0.15) is 25.8 Å². The summed E-state index contributed by atoms with van der Waals surface area (Å²) >= 11 is 0. The molecule has 7 nitrogen and oxygen atoms in total. The molecule has 1 unspecified atom stereocenters. The van der Waals surface area contributed by atoms with E-state index in [1.165, 1.54) is 13.2 Å². The molecule has 31 heavy (non-hydrogen) atoms. The van der Waals surface area contributed by atoms with Crippen molar-refractivity contribution in [3.8, 4) is 5.75 Å². The van der Waals surface area contributed by atoms with E-state index in [2.05, 4.69) is 10.0 Å². The average molecular weight is 453 g/mol. The monoisotopic (exact) mass is 452 g/mol. The van der Waals surface area contributed by atoms with Crippen LogP contribution in [0.15, 0.2) is 53.4 Å². The Morgan fingerprint density at radius 1 is 1.13 bits per heavy atom. The van der Waals surface area contributed by atoms with Gasteiger partial charge in [-0.3, -0.25) is 4.79 Å². The van der Waals surface area contributed by atoms with Gasteiger partial charge in [-0.05, 0) is 50.5 Å². The second kappa shape index (κ2) is 11.8. The van der Waals surface area contributed by atoms with Gasteiger partial charge in [0.2, 0.25) is 15.9 Å². The first-order valence-corrected chi connectivity index (χ1v) is 11.5. The quantitative estimate of drug-likeness (QED) is 0.483. The predicted molar refractivity (Wildman–Crippen MR) is 116 cm³/mol. The largest absolute Gasteiger partial charge is 0.495 e. The SMILES string of the molecule is COc1ccc(F)cc1S(=O)(=O)NC(Cc1ccccc1)C(=O)NCCCOC(C)C. The third kappa shape index (κ3) is 7.93. The Labute approximate surface area is 183 Å². The van der Waals surface area contributed by atoms with Crippen molar-refractivity contribution in [2.75, 3.05) is 20.3 Å². The molecule has 2 rings (SSSR count). The fourth-order valence-corrected chi connectivity index (χ4v) is 4.25. The first-order valence-electron chi connectivity index (χ1n) is 10.0. The number of rotatable bonds is 12. The van der Waals surface area contributed by atoms with Crippen LogP contribution in [0.25, 0.3) is 0 Å². The van der Waals surface area contributed by atoms with Gasteiger partial charge in [-0.15, -0.1) is 0 Å².